The van der Waals surface area contributed by atoms with E-state index in [0.29, 0.717) is 24.5 Å². The Bertz CT molecular complexity index is 1420. The van der Waals surface area contributed by atoms with Crippen molar-refractivity contribution in [3.05, 3.63) is 77.9 Å². The van der Waals surface area contributed by atoms with Crippen LogP contribution in [0.15, 0.2) is 60.9 Å². The van der Waals surface area contributed by atoms with Crippen LogP contribution in [0, 0.1) is 12.7 Å². The molecule has 4 N–H and O–H groups in total. The summed E-state index contributed by atoms with van der Waals surface area (Å²) in [5, 5.41) is 14.6. The molecule has 0 radical (unpaired) electrons. The molecule has 0 unspecified atom stereocenters. The average molecular weight is 499 g/mol. The fourth-order valence-corrected chi connectivity index (χ4v) is 4.39. The van der Waals surface area contributed by atoms with Crippen molar-refractivity contribution in [1.82, 2.24) is 15.3 Å². The van der Waals surface area contributed by atoms with Crippen molar-refractivity contribution >= 4 is 26.6 Å². The molecule has 184 valence electrons. The molecule has 2 aromatic heterocycles. The number of aromatic amines is 1. The first kappa shape index (κ1) is 24.6. The van der Waals surface area contributed by atoms with Crippen LogP contribution in [0.4, 0.5) is 10.1 Å². The van der Waals surface area contributed by atoms with E-state index in [1.54, 1.807) is 6.20 Å². The zero-order valence-corrected chi connectivity index (χ0v) is 20.2. The van der Waals surface area contributed by atoms with E-state index in [2.05, 4.69) is 26.9 Å². The van der Waals surface area contributed by atoms with Gasteiger partial charge in [-0.15, -0.1) is 0 Å². The van der Waals surface area contributed by atoms with Gasteiger partial charge in [0.05, 0.1) is 23.7 Å². The van der Waals surface area contributed by atoms with Crippen molar-refractivity contribution < 1.29 is 22.7 Å². The van der Waals surface area contributed by atoms with Crippen molar-refractivity contribution in [2.45, 2.75) is 13.0 Å². The number of H-pyrrole nitrogens is 1. The van der Waals surface area contributed by atoms with Crippen LogP contribution >= 0.6 is 0 Å². The first-order valence-electron chi connectivity index (χ1n) is 11.0. The zero-order chi connectivity index (χ0) is 25.0. The Balaban J connectivity index is 1.30. The maximum absolute atomic E-state index is 13.8. The molecule has 0 saturated heterocycles. The van der Waals surface area contributed by atoms with Crippen LogP contribution in [0.25, 0.3) is 22.2 Å². The van der Waals surface area contributed by atoms with Gasteiger partial charge in [0, 0.05) is 48.0 Å². The summed E-state index contributed by atoms with van der Waals surface area (Å²) in [7, 11) is -3.63. The number of anilines is 1. The molecule has 4 rings (SSSR count). The van der Waals surface area contributed by atoms with E-state index in [1.165, 1.54) is 12.1 Å². The number of hydrogen-bond acceptors (Lipinski definition) is 6. The summed E-state index contributed by atoms with van der Waals surface area (Å²) in [6.07, 6.45) is 3.56. The van der Waals surface area contributed by atoms with E-state index in [-0.39, 0.29) is 12.2 Å². The van der Waals surface area contributed by atoms with Gasteiger partial charge in [-0.3, -0.25) is 9.71 Å². The molecule has 0 spiro atoms. The highest BCUT2D eigenvalue weighted by Gasteiger charge is 2.14. The molecule has 4 aromatic rings. The maximum atomic E-state index is 13.8. The number of aryl methyl sites for hydroxylation is 1. The Morgan fingerprint density at radius 2 is 2.03 bits per heavy atom. The van der Waals surface area contributed by atoms with Gasteiger partial charge in [0.2, 0.25) is 10.0 Å². The van der Waals surface area contributed by atoms with Crippen LogP contribution in [0.1, 0.15) is 17.2 Å². The predicted octanol–water partition coefficient (Wildman–Crippen LogP) is 3.75. The maximum Gasteiger partial charge on any atom is 0.229 e. The smallest absolute Gasteiger partial charge is 0.229 e. The Labute approximate surface area is 203 Å². The number of halogens is 1. The molecule has 0 aliphatic heterocycles. The summed E-state index contributed by atoms with van der Waals surface area (Å²) in [5.74, 6) is 0.00313. The largest absolute Gasteiger partial charge is 0.492 e. The van der Waals surface area contributed by atoms with Gasteiger partial charge in [-0.05, 0) is 54.4 Å². The zero-order valence-electron chi connectivity index (χ0n) is 19.4. The standard InChI is InChI=1S/C25H27FN4O4S/c1-16-20-7-6-19(13-22(20)29-25(16)18-4-3-9-27-14-18)34-11-10-28-15-24(31)17-5-8-21(26)23(12-17)30-35(2,32)33/h3-9,12-14,24,28-31H,10-11,15H2,1-2H3/t24-/m0/s1. The van der Waals surface area contributed by atoms with E-state index in [0.717, 1.165) is 40.0 Å². The molecule has 0 aliphatic rings. The van der Waals surface area contributed by atoms with Gasteiger partial charge >= 0.3 is 0 Å². The third kappa shape index (κ3) is 6.16. The lowest BCUT2D eigenvalue weighted by Crippen LogP contribution is -2.26. The first-order chi connectivity index (χ1) is 16.7. The minimum Gasteiger partial charge on any atom is -0.492 e. The topological polar surface area (TPSA) is 116 Å². The molecular weight excluding hydrogens is 471 g/mol. The third-order valence-electron chi connectivity index (χ3n) is 5.54. The Morgan fingerprint density at radius 1 is 1.20 bits per heavy atom. The molecule has 2 aromatic carbocycles. The summed E-state index contributed by atoms with van der Waals surface area (Å²) >= 11 is 0. The lowest BCUT2D eigenvalue weighted by atomic mass is 10.1. The minimum absolute atomic E-state index is 0.191. The predicted molar refractivity (Wildman–Crippen MR) is 134 cm³/mol. The molecule has 8 nitrogen and oxygen atoms in total. The quantitative estimate of drug-likeness (QED) is 0.248. The number of nitrogens with one attached hydrogen (secondary N) is 3. The van der Waals surface area contributed by atoms with E-state index in [4.69, 9.17) is 4.74 Å². The van der Waals surface area contributed by atoms with E-state index in [1.807, 2.05) is 36.5 Å². The van der Waals surface area contributed by atoms with Crippen LogP contribution < -0.4 is 14.8 Å². The number of ether oxygens (including phenoxy) is 1. The molecular formula is C25H27FN4O4S. The van der Waals surface area contributed by atoms with Gasteiger partial charge in [0.1, 0.15) is 18.2 Å². The number of hydrogen-bond donors (Lipinski definition) is 4. The molecule has 0 aliphatic carbocycles. The summed E-state index contributed by atoms with van der Waals surface area (Å²) in [5.41, 5.74) is 4.35. The van der Waals surface area contributed by atoms with E-state index < -0.39 is 21.9 Å². The SMILES string of the molecule is Cc1c(-c2cccnc2)[nH]c2cc(OCCNC[C@H](O)c3ccc(F)c(NS(C)(=O)=O)c3)ccc12. The summed E-state index contributed by atoms with van der Waals surface area (Å²) in [6, 6.07) is 13.6. The number of sulfonamides is 1. The monoisotopic (exact) mass is 498 g/mol. The summed E-state index contributed by atoms with van der Waals surface area (Å²) in [4.78, 5) is 7.63. The van der Waals surface area contributed by atoms with Gasteiger partial charge in [-0.2, -0.15) is 0 Å². The molecule has 1 atom stereocenters. The lowest BCUT2D eigenvalue weighted by Gasteiger charge is -2.14. The average Bonchev–Trinajstić information content (AvgIpc) is 3.15. The molecule has 0 bridgehead atoms. The number of rotatable bonds is 10. The highest BCUT2D eigenvalue weighted by molar-refractivity contribution is 7.92. The second-order valence-electron chi connectivity index (χ2n) is 8.26. The minimum atomic E-state index is -3.63. The summed E-state index contributed by atoms with van der Waals surface area (Å²) in [6.45, 7) is 3.10. The van der Waals surface area contributed by atoms with Crippen LogP contribution in [0.3, 0.4) is 0 Å². The van der Waals surface area contributed by atoms with Gasteiger partial charge < -0.3 is 20.1 Å². The number of aromatic nitrogens is 2. The number of benzene rings is 2. The first-order valence-corrected chi connectivity index (χ1v) is 12.9. The van der Waals surface area contributed by atoms with E-state index >= 15 is 0 Å². The van der Waals surface area contributed by atoms with Crippen LogP contribution in [-0.4, -0.2) is 49.4 Å². The Hall–Kier alpha value is -3.47. The number of pyridine rings is 1. The second kappa shape index (κ2) is 10.4. The fraction of sp³-hybridized carbons (Fsp3) is 0.240. The summed E-state index contributed by atoms with van der Waals surface area (Å²) < 4.78 is 44.5. The normalized spacial score (nSPS) is 12.6. The Kier molecular flexibility index (Phi) is 7.34. The van der Waals surface area contributed by atoms with E-state index in [9.17, 15) is 17.9 Å². The Morgan fingerprint density at radius 3 is 2.77 bits per heavy atom. The fourth-order valence-electron chi connectivity index (χ4n) is 3.83. The van der Waals surface area contributed by atoms with Crippen molar-refractivity contribution in [2.24, 2.45) is 0 Å². The molecule has 10 heteroatoms. The molecule has 0 amide bonds. The van der Waals surface area contributed by atoms with Gasteiger partial charge in [-0.25, -0.2) is 12.8 Å². The molecule has 0 fully saturated rings. The number of aliphatic hydroxyl groups is 1. The molecule has 0 saturated carbocycles. The third-order valence-corrected chi connectivity index (χ3v) is 6.13. The highest BCUT2D eigenvalue weighted by Crippen LogP contribution is 2.31. The van der Waals surface area contributed by atoms with Crippen molar-refractivity contribution in [3.63, 3.8) is 0 Å². The van der Waals surface area contributed by atoms with Crippen LogP contribution in [0.5, 0.6) is 5.75 Å². The van der Waals surface area contributed by atoms with Crippen LogP contribution in [0.2, 0.25) is 0 Å². The van der Waals surface area contributed by atoms with Crippen molar-refractivity contribution in [3.8, 4) is 17.0 Å². The molecule has 2 heterocycles. The number of fused-ring (bicyclic) bond motifs is 1. The van der Waals surface area contributed by atoms with Crippen molar-refractivity contribution in [1.29, 1.82) is 0 Å². The highest BCUT2D eigenvalue weighted by atomic mass is 32.2. The van der Waals surface area contributed by atoms with Crippen molar-refractivity contribution in [2.75, 3.05) is 30.7 Å². The second-order valence-corrected chi connectivity index (χ2v) is 10.0. The van der Waals surface area contributed by atoms with Gasteiger partial charge in [0.15, 0.2) is 0 Å². The number of nitrogens with zero attached hydrogens (tertiary/aromatic N) is 1. The van der Waals surface area contributed by atoms with Gasteiger partial charge in [0.25, 0.3) is 0 Å². The number of aliphatic hydroxyl groups excluding tert-OH is 1. The molecule has 35 heavy (non-hydrogen) atoms. The van der Waals surface area contributed by atoms with Gasteiger partial charge in [-0.1, -0.05) is 6.07 Å². The lowest BCUT2D eigenvalue weighted by molar-refractivity contribution is 0.172. The van der Waals surface area contributed by atoms with Crippen LogP contribution in [-0.2, 0) is 10.0 Å².